The molecule has 102 valence electrons. The first-order valence-electron chi connectivity index (χ1n) is 5.67. The van der Waals surface area contributed by atoms with Crippen LogP contribution in [0, 0.1) is 0 Å². The van der Waals surface area contributed by atoms with Gasteiger partial charge in [0, 0.05) is 17.1 Å². The van der Waals surface area contributed by atoms with Gasteiger partial charge in [-0.15, -0.1) is 0 Å². The average molecular weight is 285 g/mol. The third-order valence-electron chi connectivity index (χ3n) is 3.08. The second-order valence-corrected chi connectivity index (χ2v) is 4.83. The Labute approximate surface area is 114 Å². The van der Waals surface area contributed by atoms with Crippen molar-refractivity contribution >= 4 is 23.4 Å². The molecule has 0 aromatic heterocycles. The predicted octanol–water partition coefficient (Wildman–Crippen LogP) is 0.551. The van der Waals surface area contributed by atoms with Crippen LogP contribution in [0.5, 0.6) is 0 Å². The Morgan fingerprint density at radius 1 is 1.53 bits per heavy atom. The van der Waals surface area contributed by atoms with E-state index in [9.17, 15) is 14.7 Å². The summed E-state index contributed by atoms with van der Waals surface area (Å²) >= 11 is 5.83. The van der Waals surface area contributed by atoms with Crippen molar-refractivity contribution < 1.29 is 19.9 Å². The van der Waals surface area contributed by atoms with Gasteiger partial charge in [-0.2, -0.15) is 0 Å². The molecule has 19 heavy (non-hydrogen) atoms. The molecular weight excluding hydrogens is 272 g/mol. The zero-order valence-corrected chi connectivity index (χ0v) is 10.9. The number of nitrogens with one attached hydrogen (secondary N) is 1. The number of carbonyl (C=O) groups excluding carboxylic acids is 2. The molecule has 2 atom stereocenters. The van der Waals surface area contributed by atoms with E-state index < -0.39 is 24.0 Å². The summed E-state index contributed by atoms with van der Waals surface area (Å²) in [5, 5.41) is 18.8. The van der Waals surface area contributed by atoms with Crippen LogP contribution in [0.4, 0.5) is 0 Å². The van der Waals surface area contributed by atoms with Gasteiger partial charge in [0.2, 0.25) is 0 Å². The van der Waals surface area contributed by atoms with Gasteiger partial charge in [0.1, 0.15) is 6.04 Å². The predicted molar refractivity (Wildman–Crippen MR) is 66.7 cm³/mol. The zero-order chi connectivity index (χ0) is 14.2. The van der Waals surface area contributed by atoms with Crippen LogP contribution >= 0.6 is 11.6 Å². The Morgan fingerprint density at radius 2 is 2.21 bits per heavy atom. The fourth-order valence-electron chi connectivity index (χ4n) is 2.21. The molecule has 0 spiro atoms. The minimum Gasteiger partial charge on any atom is -0.391 e. The maximum Gasteiger partial charge on any atom is 0.268 e. The maximum absolute atomic E-state index is 12.2. The lowest BCUT2D eigenvalue weighted by Gasteiger charge is -2.27. The number of nitrogens with zero attached hydrogens (tertiary/aromatic N) is 1. The van der Waals surface area contributed by atoms with Crippen molar-refractivity contribution in [2.24, 2.45) is 0 Å². The van der Waals surface area contributed by atoms with Gasteiger partial charge in [-0.1, -0.05) is 17.7 Å². The van der Waals surface area contributed by atoms with Gasteiger partial charge in [0.25, 0.3) is 11.8 Å². The number of hydroxylamine groups is 1. The number of carbonyl (C=O) groups is 2. The molecule has 0 saturated carbocycles. The number of amides is 2. The Balaban J connectivity index is 2.34. The smallest absolute Gasteiger partial charge is 0.268 e. The normalized spacial score (nSPS) is 17.1. The number of hydrogen-bond acceptors (Lipinski definition) is 4. The van der Waals surface area contributed by atoms with Crippen molar-refractivity contribution in [3.05, 3.63) is 34.3 Å². The van der Waals surface area contributed by atoms with E-state index in [-0.39, 0.29) is 6.54 Å². The van der Waals surface area contributed by atoms with Crippen LogP contribution in [0.2, 0.25) is 5.02 Å². The van der Waals surface area contributed by atoms with E-state index in [4.69, 9.17) is 16.8 Å². The quantitative estimate of drug-likeness (QED) is 0.558. The van der Waals surface area contributed by atoms with E-state index in [0.717, 1.165) is 5.56 Å². The summed E-state index contributed by atoms with van der Waals surface area (Å²) in [4.78, 5) is 25.0. The number of aliphatic hydroxyl groups excluding tert-OH is 1. The second kappa shape index (κ2) is 5.16. The van der Waals surface area contributed by atoms with Gasteiger partial charge in [0.15, 0.2) is 0 Å². The first kappa shape index (κ1) is 13.8. The van der Waals surface area contributed by atoms with Gasteiger partial charge in [-0.05, 0) is 24.6 Å². The van der Waals surface area contributed by atoms with Gasteiger partial charge >= 0.3 is 0 Å². The van der Waals surface area contributed by atoms with Crippen molar-refractivity contribution in [2.45, 2.75) is 25.6 Å². The van der Waals surface area contributed by atoms with Crippen LogP contribution in [0.3, 0.4) is 0 Å². The fourth-order valence-corrected chi connectivity index (χ4v) is 2.38. The van der Waals surface area contributed by atoms with Gasteiger partial charge in [0.05, 0.1) is 6.10 Å². The molecule has 1 aliphatic heterocycles. The largest absolute Gasteiger partial charge is 0.391 e. The lowest BCUT2D eigenvalue weighted by molar-refractivity contribution is -0.137. The third-order valence-corrected chi connectivity index (χ3v) is 3.31. The van der Waals surface area contributed by atoms with E-state index in [2.05, 4.69) is 0 Å². The Kier molecular flexibility index (Phi) is 3.75. The van der Waals surface area contributed by atoms with Gasteiger partial charge in [-0.3, -0.25) is 14.8 Å². The first-order chi connectivity index (χ1) is 8.95. The molecule has 0 fully saturated rings. The molecule has 0 aliphatic carbocycles. The fraction of sp³-hybridized carbons (Fsp3) is 0.333. The summed E-state index contributed by atoms with van der Waals surface area (Å²) in [7, 11) is 0. The highest BCUT2D eigenvalue weighted by Crippen LogP contribution is 2.28. The van der Waals surface area contributed by atoms with Crippen LogP contribution in [-0.2, 0) is 11.3 Å². The highest BCUT2D eigenvalue weighted by atomic mass is 35.5. The Bertz CT molecular complexity index is 532. The number of rotatable bonds is 3. The van der Waals surface area contributed by atoms with Crippen LogP contribution in [0.1, 0.15) is 22.8 Å². The molecule has 6 nitrogen and oxygen atoms in total. The molecule has 1 aromatic carbocycles. The molecule has 1 heterocycles. The molecule has 1 aliphatic rings. The van der Waals surface area contributed by atoms with Gasteiger partial charge in [-0.25, -0.2) is 5.48 Å². The number of aliphatic hydroxyl groups is 1. The van der Waals surface area contributed by atoms with E-state index in [1.165, 1.54) is 23.4 Å². The molecule has 7 heteroatoms. The minimum absolute atomic E-state index is 0.189. The van der Waals surface area contributed by atoms with E-state index in [1.807, 2.05) is 0 Å². The molecule has 0 unspecified atom stereocenters. The molecule has 2 rings (SSSR count). The van der Waals surface area contributed by atoms with Crippen molar-refractivity contribution in [3.8, 4) is 0 Å². The third kappa shape index (κ3) is 2.42. The number of benzene rings is 1. The standard InChI is InChI=1S/C12H13ClN2O4/c1-6(16)10(11(17)14-19)15-5-7-2-3-8(13)4-9(7)12(15)18/h2-4,6,10,16,19H,5H2,1H3,(H,14,17)/t6-,10+/m1/s1. The topological polar surface area (TPSA) is 89.9 Å². The first-order valence-corrected chi connectivity index (χ1v) is 6.05. The average Bonchev–Trinajstić information content (AvgIpc) is 2.67. The Hall–Kier alpha value is -1.63. The number of hydrogen-bond donors (Lipinski definition) is 3. The second-order valence-electron chi connectivity index (χ2n) is 4.40. The van der Waals surface area contributed by atoms with Gasteiger partial charge < -0.3 is 10.0 Å². The zero-order valence-electron chi connectivity index (χ0n) is 10.1. The van der Waals surface area contributed by atoms with Crippen LogP contribution in [0.15, 0.2) is 18.2 Å². The van der Waals surface area contributed by atoms with Crippen molar-refractivity contribution in [1.82, 2.24) is 10.4 Å². The van der Waals surface area contributed by atoms with E-state index in [1.54, 1.807) is 12.1 Å². The minimum atomic E-state index is -1.15. The monoisotopic (exact) mass is 284 g/mol. The molecule has 0 bridgehead atoms. The summed E-state index contributed by atoms with van der Waals surface area (Å²) in [6.45, 7) is 1.57. The molecule has 0 saturated heterocycles. The molecule has 3 N–H and O–H groups in total. The van der Waals surface area contributed by atoms with Crippen LogP contribution in [0.25, 0.3) is 0 Å². The summed E-state index contributed by atoms with van der Waals surface area (Å²) in [6.07, 6.45) is -1.11. The lowest BCUT2D eigenvalue weighted by atomic mass is 10.1. The Morgan fingerprint density at radius 3 is 2.79 bits per heavy atom. The van der Waals surface area contributed by atoms with Crippen molar-refractivity contribution in [3.63, 3.8) is 0 Å². The molecule has 2 amide bonds. The SMILES string of the molecule is C[C@@H](O)[C@@H](C(=O)NO)N1Cc2ccc(Cl)cc2C1=O. The summed E-state index contributed by atoms with van der Waals surface area (Å²) < 4.78 is 0. The summed E-state index contributed by atoms with van der Waals surface area (Å²) in [6, 6.07) is 3.73. The van der Waals surface area contributed by atoms with E-state index >= 15 is 0 Å². The molecule has 0 radical (unpaired) electrons. The van der Waals surface area contributed by atoms with Crippen molar-refractivity contribution in [1.29, 1.82) is 0 Å². The van der Waals surface area contributed by atoms with E-state index in [0.29, 0.717) is 10.6 Å². The van der Waals surface area contributed by atoms with Crippen molar-refractivity contribution in [2.75, 3.05) is 0 Å². The molecule has 1 aromatic rings. The number of halogens is 1. The van der Waals surface area contributed by atoms with Crippen LogP contribution in [-0.4, -0.2) is 39.2 Å². The maximum atomic E-state index is 12.2. The lowest BCUT2D eigenvalue weighted by Crippen LogP contribution is -2.52. The van der Waals surface area contributed by atoms with Crippen LogP contribution < -0.4 is 5.48 Å². The number of fused-ring (bicyclic) bond motifs is 1. The molecular formula is C12H13ClN2O4. The highest BCUT2D eigenvalue weighted by Gasteiger charge is 2.38. The summed E-state index contributed by atoms with van der Waals surface area (Å²) in [5.41, 5.74) is 2.60. The highest BCUT2D eigenvalue weighted by molar-refractivity contribution is 6.31. The summed E-state index contributed by atoms with van der Waals surface area (Å²) in [5.74, 6) is -1.23.